The summed E-state index contributed by atoms with van der Waals surface area (Å²) in [6.45, 7) is 0. The summed E-state index contributed by atoms with van der Waals surface area (Å²) in [5.74, 6) is -1.29. The van der Waals surface area contributed by atoms with Gasteiger partial charge in [0, 0.05) is 27.7 Å². The molecule has 1 atom stereocenters. The predicted molar refractivity (Wildman–Crippen MR) is 77.2 cm³/mol. The fourth-order valence-electron chi connectivity index (χ4n) is 2.27. The number of rotatable bonds is 2. The molecule has 0 aliphatic carbocycles. The molecule has 3 aromatic rings. The van der Waals surface area contributed by atoms with Crippen molar-refractivity contribution in [3.05, 3.63) is 76.4 Å². The first-order valence-electron chi connectivity index (χ1n) is 6.24. The van der Waals surface area contributed by atoms with Gasteiger partial charge in [0.25, 0.3) is 0 Å². The Labute approximate surface area is 124 Å². The predicted octanol–water partition coefficient (Wildman–Crippen LogP) is 4.25. The fourth-order valence-corrected chi connectivity index (χ4v) is 2.49. The van der Waals surface area contributed by atoms with Crippen LogP contribution in [0.5, 0.6) is 0 Å². The molecule has 2 nitrogen and oxygen atoms in total. The highest BCUT2D eigenvalue weighted by Crippen LogP contribution is 2.32. The van der Waals surface area contributed by atoms with Gasteiger partial charge in [-0.3, -0.25) is 4.98 Å². The van der Waals surface area contributed by atoms with Gasteiger partial charge in [-0.2, -0.15) is 0 Å². The number of aromatic nitrogens is 1. The van der Waals surface area contributed by atoms with Crippen LogP contribution in [-0.4, -0.2) is 10.1 Å². The lowest BCUT2D eigenvalue weighted by molar-refractivity contribution is 0.215. The van der Waals surface area contributed by atoms with Gasteiger partial charge in [-0.1, -0.05) is 17.7 Å². The molecule has 0 bridgehead atoms. The molecule has 106 valence electrons. The Morgan fingerprint density at radius 3 is 2.67 bits per heavy atom. The number of aliphatic hydroxyl groups excluding tert-OH is 1. The summed E-state index contributed by atoms with van der Waals surface area (Å²) < 4.78 is 27.1. The van der Waals surface area contributed by atoms with E-state index in [1.165, 1.54) is 0 Å². The van der Waals surface area contributed by atoms with Crippen molar-refractivity contribution in [2.75, 3.05) is 0 Å². The van der Waals surface area contributed by atoms with Crippen molar-refractivity contribution in [3.8, 4) is 0 Å². The van der Waals surface area contributed by atoms with Crippen LogP contribution in [-0.2, 0) is 0 Å². The Bertz CT molecular complexity index is 822. The van der Waals surface area contributed by atoms with Crippen molar-refractivity contribution in [3.63, 3.8) is 0 Å². The van der Waals surface area contributed by atoms with Crippen LogP contribution in [0.2, 0.25) is 5.02 Å². The molecule has 1 N–H and O–H groups in total. The summed E-state index contributed by atoms with van der Waals surface area (Å²) in [6, 6.07) is 9.59. The maximum absolute atomic E-state index is 13.8. The average molecular weight is 306 g/mol. The van der Waals surface area contributed by atoms with Crippen molar-refractivity contribution < 1.29 is 13.9 Å². The zero-order valence-electron chi connectivity index (χ0n) is 10.7. The minimum Gasteiger partial charge on any atom is -0.383 e. The lowest BCUT2D eigenvalue weighted by Crippen LogP contribution is -2.05. The second-order valence-electron chi connectivity index (χ2n) is 4.60. The molecule has 0 aliphatic rings. The van der Waals surface area contributed by atoms with E-state index < -0.39 is 17.7 Å². The number of hydrogen-bond acceptors (Lipinski definition) is 2. The van der Waals surface area contributed by atoms with Crippen LogP contribution in [0, 0.1) is 11.6 Å². The minimum atomic E-state index is -1.32. The number of fused-ring (bicyclic) bond motifs is 1. The molecular formula is C16H10ClF2NO. The van der Waals surface area contributed by atoms with Crippen molar-refractivity contribution >= 4 is 22.5 Å². The molecule has 3 rings (SSSR count). The largest absolute Gasteiger partial charge is 0.383 e. The molecule has 0 saturated heterocycles. The maximum atomic E-state index is 13.8. The number of pyridine rings is 1. The molecule has 0 spiro atoms. The molecule has 2 aromatic carbocycles. The second-order valence-corrected chi connectivity index (χ2v) is 5.01. The van der Waals surface area contributed by atoms with E-state index in [4.69, 9.17) is 11.6 Å². The molecule has 1 aromatic heterocycles. The Morgan fingerprint density at radius 2 is 1.86 bits per heavy atom. The summed E-state index contributed by atoms with van der Waals surface area (Å²) in [5, 5.41) is 11.5. The maximum Gasteiger partial charge on any atom is 0.129 e. The highest BCUT2D eigenvalue weighted by molar-refractivity contribution is 6.35. The molecule has 0 aliphatic heterocycles. The highest BCUT2D eigenvalue weighted by Gasteiger charge is 2.19. The first-order chi connectivity index (χ1) is 10.1. The Morgan fingerprint density at radius 1 is 1.05 bits per heavy atom. The van der Waals surface area contributed by atoms with E-state index in [-0.39, 0.29) is 5.56 Å². The number of aliphatic hydroxyl groups is 1. The van der Waals surface area contributed by atoms with Crippen LogP contribution in [0.25, 0.3) is 10.9 Å². The van der Waals surface area contributed by atoms with Crippen LogP contribution >= 0.6 is 11.6 Å². The van der Waals surface area contributed by atoms with Gasteiger partial charge >= 0.3 is 0 Å². The lowest BCUT2D eigenvalue weighted by Gasteiger charge is -2.15. The number of benzene rings is 2. The summed E-state index contributed by atoms with van der Waals surface area (Å²) in [6.07, 6.45) is 0.229. The lowest BCUT2D eigenvalue weighted by atomic mass is 9.98. The summed E-state index contributed by atoms with van der Waals surface area (Å²) in [7, 11) is 0. The second kappa shape index (κ2) is 5.39. The van der Waals surface area contributed by atoms with Gasteiger partial charge in [0.1, 0.15) is 17.7 Å². The molecule has 5 heteroatoms. The molecular weight excluding hydrogens is 296 g/mol. The van der Waals surface area contributed by atoms with Gasteiger partial charge < -0.3 is 5.11 Å². The standard InChI is InChI=1S/C16H10ClF2NO/c17-13-5-4-11(15-10(13)2-1-7-20-15)16(21)12-8-9(18)3-6-14(12)19/h1-8,16,21H. The Hall–Kier alpha value is -2.04. The summed E-state index contributed by atoms with van der Waals surface area (Å²) >= 11 is 6.08. The third-order valence-electron chi connectivity index (χ3n) is 3.29. The van der Waals surface area contributed by atoms with Gasteiger partial charge in [0.15, 0.2) is 0 Å². The first-order valence-corrected chi connectivity index (χ1v) is 6.62. The highest BCUT2D eigenvalue weighted by atomic mass is 35.5. The zero-order valence-corrected chi connectivity index (χ0v) is 11.5. The Kier molecular flexibility index (Phi) is 3.57. The van der Waals surface area contributed by atoms with E-state index in [0.717, 1.165) is 18.2 Å². The van der Waals surface area contributed by atoms with Crippen LogP contribution < -0.4 is 0 Å². The third kappa shape index (κ3) is 2.48. The summed E-state index contributed by atoms with van der Waals surface area (Å²) in [4.78, 5) is 4.18. The zero-order chi connectivity index (χ0) is 15.0. The van der Waals surface area contributed by atoms with E-state index >= 15 is 0 Å². The van der Waals surface area contributed by atoms with Crippen LogP contribution in [0.3, 0.4) is 0 Å². The molecule has 1 heterocycles. The monoisotopic (exact) mass is 305 g/mol. The van der Waals surface area contributed by atoms with E-state index in [2.05, 4.69) is 4.98 Å². The minimum absolute atomic E-state index is 0.135. The smallest absolute Gasteiger partial charge is 0.129 e. The van der Waals surface area contributed by atoms with Crippen molar-refractivity contribution in [1.82, 2.24) is 4.98 Å². The van der Waals surface area contributed by atoms with Gasteiger partial charge in [-0.15, -0.1) is 0 Å². The van der Waals surface area contributed by atoms with Crippen molar-refractivity contribution in [1.29, 1.82) is 0 Å². The SMILES string of the molecule is OC(c1cc(F)ccc1F)c1ccc(Cl)c2cccnc12. The summed E-state index contributed by atoms with van der Waals surface area (Å²) in [5.41, 5.74) is 0.699. The number of halogens is 3. The van der Waals surface area contributed by atoms with E-state index in [9.17, 15) is 13.9 Å². The molecule has 1 unspecified atom stereocenters. The number of hydrogen-bond donors (Lipinski definition) is 1. The Balaban J connectivity index is 2.20. The van der Waals surface area contributed by atoms with Crippen LogP contribution in [0.15, 0.2) is 48.7 Å². The molecule has 0 amide bonds. The molecule has 21 heavy (non-hydrogen) atoms. The van der Waals surface area contributed by atoms with Crippen LogP contribution in [0.1, 0.15) is 17.2 Å². The van der Waals surface area contributed by atoms with Crippen LogP contribution in [0.4, 0.5) is 8.78 Å². The number of nitrogens with zero attached hydrogens (tertiary/aromatic N) is 1. The van der Waals surface area contributed by atoms with Gasteiger partial charge in [-0.05, 0) is 36.4 Å². The molecule has 0 fully saturated rings. The quantitative estimate of drug-likeness (QED) is 0.768. The molecule has 0 saturated carbocycles. The van der Waals surface area contributed by atoms with Gasteiger partial charge in [0.2, 0.25) is 0 Å². The van der Waals surface area contributed by atoms with Gasteiger partial charge in [0.05, 0.1) is 5.52 Å². The topological polar surface area (TPSA) is 33.1 Å². The fraction of sp³-hybridized carbons (Fsp3) is 0.0625. The van der Waals surface area contributed by atoms with E-state index in [1.54, 1.807) is 30.5 Å². The average Bonchev–Trinajstić information content (AvgIpc) is 2.50. The normalized spacial score (nSPS) is 12.6. The first kappa shape index (κ1) is 13.9. The van der Waals surface area contributed by atoms with Crippen molar-refractivity contribution in [2.45, 2.75) is 6.10 Å². The van der Waals surface area contributed by atoms with Gasteiger partial charge in [-0.25, -0.2) is 8.78 Å². The van der Waals surface area contributed by atoms with Crippen molar-refractivity contribution in [2.24, 2.45) is 0 Å². The van der Waals surface area contributed by atoms with E-state index in [0.29, 0.717) is 21.5 Å². The third-order valence-corrected chi connectivity index (χ3v) is 3.62. The van der Waals surface area contributed by atoms with E-state index in [1.807, 2.05) is 0 Å². The molecule has 0 radical (unpaired) electrons.